The van der Waals surface area contributed by atoms with E-state index in [-0.39, 0.29) is 0 Å². The molecule has 13 heavy (non-hydrogen) atoms. The molecule has 0 spiro atoms. The van der Waals surface area contributed by atoms with Crippen molar-refractivity contribution in [2.24, 2.45) is 0 Å². The number of hydrogen-bond acceptors (Lipinski definition) is 1. The molecule has 0 saturated carbocycles. The average molecular weight is 221 g/mol. The van der Waals surface area contributed by atoms with Crippen LogP contribution in [0.4, 0.5) is 0 Å². The molecule has 0 unspecified atom stereocenters. The Morgan fingerprint density at radius 1 is 0.846 bits per heavy atom. The van der Waals surface area contributed by atoms with Gasteiger partial charge in [-0.1, -0.05) is 47.5 Å². The van der Waals surface area contributed by atoms with Gasteiger partial charge in [-0.25, -0.2) is 0 Å². The SMILES string of the molecule is CCCC.CC[Si](CC)(CC)O[SiH3]. The lowest BCUT2D eigenvalue weighted by Gasteiger charge is -2.25. The minimum Gasteiger partial charge on any atom is -0.463 e. The van der Waals surface area contributed by atoms with E-state index >= 15 is 0 Å². The summed E-state index contributed by atoms with van der Waals surface area (Å²) in [6.45, 7) is 11.1. The second-order valence-corrected chi connectivity index (χ2v) is 9.57. The minimum atomic E-state index is -1.13. The van der Waals surface area contributed by atoms with E-state index < -0.39 is 8.32 Å². The Bertz CT molecular complexity index is 73.4. The molecule has 0 aliphatic heterocycles. The summed E-state index contributed by atoms with van der Waals surface area (Å²) >= 11 is 0. The van der Waals surface area contributed by atoms with Crippen LogP contribution in [0, 0.1) is 0 Å². The largest absolute Gasteiger partial charge is 0.463 e. The Kier molecular flexibility index (Phi) is 12.8. The van der Waals surface area contributed by atoms with E-state index in [1.54, 1.807) is 0 Å². The van der Waals surface area contributed by atoms with Crippen LogP contribution >= 0.6 is 0 Å². The number of unbranched alkanes of at least 4 members (excludes halogenated alkanes) is 1. The van der Waals surface area contributed by atoms with Gasteiger partial charge in [0.1, 0.15) is 10.5 Å². The Morgan fingerprint density at radius 2 is 1.15 bits per heavy atom. The van der Waals surface area contributed by atoms with Gasteiger partial charge >= 0.3 is 0 Å². The minimum absolute atomic E-state index is 0.937. The smallest absolute Gasteiger partial charge is 0.178 e. The van der Waals surface area contributed by atoms with Crippen molar-refractivity contribution in [1.29, 1.82) is 0 Å². The van der Waals surface area contributed by atoms with Gasteiger partial charge in [-0.15, -0.1) is 0 Å². The number of rotatable bonds is 5. The highest BCUT2D eigenvalue weighted by Gasteiger charge is 2.25. The molecule has 0 amide bonds. The molecular formula is C10H28OSi2. The zero-order chi connectivity index (χ0) is 10.7. The fourth-order valence-corrected chi connectivity index (χ4v) is 6.15. The quantitative estimate of drug-likeness (QED) is 0.647. The summed E-state index contributed by atoms with van der Waals surface area (Å²) in [6, 6.07) is 3.89. The van der Waals surface area contributed by atoms with Gasteiger partial charge in [0, 0.05) is 0 Å². The van der Waals surface area contributed by atoms with E-state index in [9.17, 15) is 0 Å². The molecule has 1 nitrogen and oxygen atoms in total. The van der Waals surface area contributed by atoms with Crippen molar-refractivity contribution in [3.05, 3.63) is 0 Å². The Labute approximate surface area is 88.9 Å². The first-order valence-electron chi connectivity index (χ1n) is 5.71. The van der Waals surface area contributed by atoms with Crippen LogP contribution in [0.25, 0.3) is 0 Å². The zero-order valence-electron chi connectivity index (χ0n) is 10.4. The summed E-state index contributed by atoms with van der Waals surface area (Å²) in [4.78, 5) is 0. The molecule has 0 atom stereocenters. The molecule has 0 N–H and O–H groups in total. The maximum atomic E-state index is 5.66. The van der Waals surface area contributed by atoms with Crippen LogP contribution in [0.2, 0.25) is 18.1 Å². The fourth-order valence-electron chi connectivity index (χ4n) is 1.18. The van der Waals surface area contributed by atoms with E-state index in [4.69, 9.17) is 4.12 Å². The summed E-state index contributed by atoms with van der Waals surface area (Å²) in [5, 5.41) is 0. The van der Waals surface area contributed by atoms with Crippen molar-refractivity contribution in [1.82, 2.24) is 0 Å². The molecule has 0 aliphatic rings. The van der Waals surface area contributed by atoms with Gasteiger partial charge in [-0.3, -0.25) is 0 Å². The predicted molar refractivity (Wildman–Crippen MR) is 68.8 cm³/mol. The molecule has 82 valence electrons. The molecule has 0 aliphatic carbocycles. The molecule has 0 aromatic heterocycles. The van der Waals surface area contributed by atoms with Gasteiger partial charge in [0.05, 0.1) is 0 Å². The Balaban J connectivity index is 0. The number of hydrogen-bond donors (Lipinski definition) is 0. The van der Waals surface area contributed by atoms with Crippen molar-refractivity contribution < 1.29 is 4.12 Å². The van der Waals surface area contributed by atoms with E-state index in [1.165, 1.54) is 31.0 Å². The molecule has 3 heteroatoms. The fraction of sp³-hybridized carbons (Fsp3) is 1.00. The predicted octanol–water partition coefficient (Wildman–Crippen LogP) is 3.10. The molecule has 0 rings (SSSR count). The summed E-state index contributed by atoms with van der Waals surface area (Å²) in [5.41, 5.74) is 0. The van der Waals surface area contributed by atoms with Gasteiger partial charge in [-0.2, -0.15) is 0 Å². The monoisotopic (exact) mass is 220 g/mol. The normalized spacial score (nSPS) is 10.8. The molecule has 0 aromatic rings. The third-order valence-corrected chi connectivity index (χ3v) is 10.2. The Hall–Kier alpha value is 0.394. The van der Waals surface area contributed by atoms with Crippen molar-refractivity contribution in [3.8, 4) is 0 Å². The van der Waals surface area contributed by atoms with Crippen LogP contribution in [0.3, 0.4) is 0 Å². The third kappa shape index (κ3) is 7.46. The van der Waals surface area contributed by atoms with Crippen molar-refractivity contribution >= 4 is 18.8 Å². The van der Waals surface area contributed by atoms with Crippen molar-refractivity contribution in [2.45, 2.75) is 65.6 Å². The maximum Gasteiger partial charge on any atom is 0.178 e. The van der Waals surface area contributed by atoms with E-state index in [0.29, 0.717) is 0 Å². The lowest BCUT2D eigenvalue weighted by atomic mass is 10.4. The van der Waals surface area contributed by atoms with Crippen molar-refractivity contribution in [2.75, 3.05) is 0 Å². The highest BCUT2D eigenvalue weighted by molar-refractivity contribution is 6.75. The molecule has 0 radical (unpaired) electrons. The van der Waals surface area contributed by atoms with E-state index in [1.807, 2.05) is 0 Å². The Morgan fingerprint density at radius 3 is 1.15 bits per heavy atom. The van der Waals surface area contributed by atoms with Crippen molar-refractivity contribution in [3.63, 3.8) is 0 Å². The zero-order valence-corrected chi connectivity index (χ0v) is 13.4. The second-order valence-electron chi connectivity index (χ2n) is 3.45. The average Bonchev–Trinajstić information content (AvgIpc) is 2.23. The van der Waals surface area contributed by atoms with Gasteiger partial charge in [0.15, 0.2) is 8.32 Å². The van der Waals surface area contributed by atoms with Crippen LogP contribution in [-0.2, 0) is 4.12 Å². The van der Waals surface area contributed by atoms with E-state index in [2.05, 4.69) is 34.6 Å². The van der Waals surface area contributed by atoms with Gasteiger partial charge in [-0.05, 0) is 18.1 Å². The van der Waals surface area contributed by atoms with Crippen LogP contribution in [0.5, 0.6) is 0 Å². The van der Waals surface area contributed by atoms with Crippen LogP contribution in [0.15, 0.2) is 0 Å². The second kappa shape index (κ2) is 10.5. The van der Waals surface area contributed by atoms with Gasteiger partial charge in [0.2, 0.25) is 0 Å². The highest BCUT2D eigenvalue weighted by atomic mass is 28.4. The lowest BCUT2D eigenvalue weighted by molar-refractivity contribution is 0.587. The molecular weight excluding hydrogens is 192 g/mol. The van der Waals surface area contributed by atoms with Crippen LogP contribution in [0.1, 0.15) is 47.5 Å². The van der Waals surface area contributed by atoms with Gasteiger partial charge < -0.3 is 4.12 Å². The van der Waals surface area contributed by atoms with Crippen LogP contribution in [-0.4, -0.2) is 18.8 Å². The first-order chi connectivity index (χ1) is 6.16. The molecule has 0 bridgehead atoms. The third-order valence-electron chi connectivity index (χ3n) is 2.87. The topological polar surface area (TPSA) is 9.23 Å². The van der Waals surface area contributed by atoms with Gasteiger partial charge in [0.25, 0.3) is 0 Å². The summed E-state index contributed by atoms with van der Waals surface area (Å²) in [6.07, 6.45) is 2.64. The summed E-state index contributed by atoms with van der Waals surface area (Å²) in [5.74, 6) is 0. The maximum absolute atomic E-state index is 5.66. The molecule has 0 aromatic carbocycles. The summed E-state index contributed by atoms with van der Waals surface area (Å²) < 4.78 is 5.66. The molecule has 0 fully saturated rings. The molecule has 0 heterocycles. The standard InChI is InChI=1S/C6H18OSi2.C4H10/c1-4-9(5-2,6-3)7-8;1-3-4-2/h4-6H2,1-3,8H3;3-4H2,1-2H3. The first kappa shape index (κ1) is 15.8. The highest BCUT2D eigenvalue weighted by Crippen LogP contribution is 2.19. The first-order valence-corrected chi connectivity index (χ1v) is 9.05. The van der Waals surface area contributed by atoms with E-state index in [0.717, 1.165) is 10.5 Å². The lowest BCUT2D eigenvalue weighted by Crippen LogP contribution is -2.34. The summed E-state index contributed by atoms with van der Waals surface area (Å²) in [7, 11) is -0.193. The van der Waals surface area contributed by atoms with Crippen LogP contribution < -0.4 is 0 Å². The molecule has 0 saturated heterocycles.